The Morgan fingerprint density at radius 3 is 2.43 bits per heavy atom. The molecule has 0 saturated carbocycles. The molecule has 0 fully saturated rings. The summed E-state index contributed by atoms with van der Waals surface area (Å²) >= 11 is 0. The summed E-state index contributed by atoms with van der Waals surface area (Å²) in [6.07, 6.45) is 1.69. The molecule has 0 aliphatic carbocycles. The Kier molecular flexibility index (Phi) is 6.24. The molecule has 3 aromatic rings. The van der Waals surface area contributed by atoms with Gasteiger partial charge in [-0.3, -0.25) is 9.59 Å². The van der Waals surface area contributed by atoms with Crippen LogP contribution < -0.4 is 10.6 Å². The number of aryl methyl sites for hydroxylation is 1. The fraction of sp³-hybridized carbons (Fsp3) is 0.154. The molecule has 1 unspecified atom stereocenters. The van der Waals surface area contributed by atoms with E-state index in [0.29, 0.717) is 28.2 Å². The van der Waals surface area contributed by atoms with Crippen molar-refractivity contribution in [1.29, 1.82) is 0 Å². The van der Waals surface area contributed by atoms with E-state index >= 15 is 0 Å². The van der Waals surface area contributed by atoms with E-state index in [1.807, 2.05) is 6.07 Å². The van der Waals surface area contributed by atoms with E-state index in [9.17, 15) is 29.4 Å². The number of fused-ring (bicyclic) bond motifs is 1. The van der Waals surface area contributed by atoms with Crippen molar-refractivity contribution in [2.45, 2.75) is 26.3 Å². The number of H-pyrrole nitrogens is 1. The highest BCUT2D eigenvalue weighted by molar-refractivity contribution is 6.35. The van der Waals surface area contributed by atoms with Crippen molar-refractivity contribution in [3.63, 3.8) is 0 Å². The van der Waals surface area contributed by atoms with Crippen molar-refractivity contribution in [1.82, 2.24) is 10.3 Å². The van der Waals surface area contributed by atoms with E-state index in [1.54, 1.807) is 44.2 Å². The SMILES string of the molecule is Cc1[nH]c(C=C2C(=O)Nc3ccc(C(=O)O)cc32)c(C)c1C(=O)NC(Cc1ccccc1)C(=O)O. The van der Waals surface area contributed by atoms with Crippen LogP contribution in [0.3, 0.4) is 0 Å². The lowest BCUT2D eigenvalue weighted by Gasteiger charge is -2.15. The number of anilines is 1. The summed E-state index contributed by atoms with van der Waals surface area (Å²) in [6.45, 7) is 3.38. The maximum atomic E-state index is 13.1. The number of hydrogen-bond donors (Lipinski definition) is 5. The molecule has 0 bridgehead atoms. The molecule has 35 heavy (non-hydrogen) atoms. The van der Waals surface area contributed by atoms with Crippen molar-refractivity contribution in [2.75, 3.05) is 5.32 Å². The van der Waals surface area contributed by atoms with Gasteiger partial charge in [-0.1, -0.05) is 30.3 Å². The van der Waals surface area contributed by atoms with Crippen LogP contribution in [0.15, 0.2) is 48.5 Å². The number of carboxylic acid groups (broad SMARTS) is 2. The first-order chi connectivity index (χ1) is 16.7. The zero-order valence-electron chi connectivity index (χ0n) is 19.0. The monoisotopic (exact) mass is 473 g/mol. The Labute approximate surface area is 200 Å². The highest BCUT2D eigenvalue weighted by Gasteiger charge is 2.28. The van der Waals surface area contributed by atoms with Gasteiger partial charge in [0.1, 0.15) is 6.04 Å². The lowest BCUT2D eigenvalue weighted by molar-refractivity contribution is -0.139. The van der Waals surface area contributed by atoms with Crippen LogP contribution >= 0.6 is 0 Å². The molecule has 1 aliphatic rings. The maximum absolute atomic E-state index is 13.1. The van der Waals surface area contributed by atoms with Crippen LogP contribution in [0.2, 0.25) is 0 Å². The molecule has 0 radical (unpaired) electrons. The van der Waals surface area contributed by atoms with Gasteiger partial charge in [-0.15, -0.1) is 0 Å². The van der Waals surface area contributed by atoms with Gasteiger partial charge in [0.2, 0.25) is 0 Å². The van der Waals surface area contributed by atoms with Crippen LogP contribution in [0, 0.1) is 13.8 Å². The Morgan fingerprint density at radius 1 is 1.06 bits per heavy atom. The number of aromatic amines is 1. The minimum atomic E-state index is -1.15. The van der Waals surface area contributed by atoms with E-state index in [-0.39, 0.29) is 23.1 Å². The number of aliphatic carboxylic acids is 1. The number of carboxylic acids is 2. The molecule has 2 amide bonds. The number of carbonyl (C=O) groups is 4. The molecule has 5 N–H and O–H groups in total. The van der Waals surface area contributed by atoms with Crippen LogP contribution in [0.1, 0.15) is 48.8 Å². The number of amides is 2. The zero-order chi connectivity index (χ0) is 25.3. The minimum absolute atomic E-state index is 0.0451. The van der Waals surface area contributed by atoms with Gasteiger partial charge in [0, 0.05) is 29.1 Å². The van der Waals surface area contributed by atoms with E-state index < -0.39 is 29.8 Å². The topological polar surface area (TPSA) is 149 Å². The molecule has 2 heterocycles. The minimum Gasteiger partial charge on any atom is -0.480 e. The number of rotatable bonds is 7. The van der Waals surface area contributed by atoms with Crippen molar-refractivity contribution in [3.8, 4) is 0 Å². The number of benzene rings is 2. The maximum Gasteiger partial charge on any atom is 0.335 e. The van der Waals surface area contributed by atoms with Gasteiger partial charge in [-0.05, 0) is 49.2 Å². The molecule has 9 nitrogen and oxygen atoms in total. The van der Waals surface area contributed by atoms with Crippen molar-refractivity contribution in [3.05, 3.63) is 87.7 Å². The molecule has 1 atom stereocenters. The third-order valence-corrected chi connectivity index (χ3v) is 5.93. The Hall–Kier alpha value is -4.66. The fourth-order valence-electron chi connectivity index (χ4n) is 4.15. The summed E-state index contributed by atoms with van der Waals surface area (Å²) in [6, 6.07) is 12.2. The second kappa shape index (κ2) is 9.30. The molecule has 4 rings (SSSR count). The first-order valence-corrected chi connectivity index (χ1v) is 10.8. The molecule has 0 spiro atoms. The second-order valence-corrected chi connectivity index (χ2v) is 8.30. The largest absolute Gasteiger partial charge is 0.480 e. The Bertz CT molecular complexity index is 1390. The summed E-state index contributed by atoms with van der Waals surface area (Å²) in [4.78, 5) is 51.9. The molecule has 178 valence electrons. The average molecular weight is 473 g/mol. The predicted molar refractivity (Wildman–Crippen MR) is 129 cm³/mol. The van der Waals surface area contributed by atoms with Crippen LogP contribution in [-0.2, 0) is 16.0 Å². The molecular weight excluding hydrogens is 450 g/mol. The molecular formula is C26H23N3O6. The summed E-state index contributed by atoms with van der Waals surface area (Å²) in [5.74, 6) is -3.20. The predicted octanol–water partition coefficient (Wildman–Crippen LogP) is 3.25. The summed E-state index contributed by atoms with van der Waals surface area (Å²) in [7, 11) is 0. The molecule has 1 aliphatic heterocycles. The quantitative estimate of drug-likeness (QED) is 0.333. The number of aromatic carboxylic acids is 1. The third-order valence-electron chi connectivity index (χ3n) is 5.93. The summed E-state index contributed by atoms with van der Waals surface area (Å²) < 4.78 is 0. The normalized spacial score (nSPS) is 14.3. The number of carbonyl (C=O) groups excluding carboxylic acids is 2. The number of aromatic nitrogens is 1. The molecule has 2 aromatic carbocycles. The van der Waals surface area contributed by atoms with Gasteiger partial charge < -0.3 is 25.8 Å². The van der Waals surface area contributed by atoms with Crippen LogP contribution in [-0.4, -0.2) is 45.0 Å². The van der Waals surface area contributed by atoms with Crippen molar-refractivity contribution in [2.24, 2.45) is 0 Å². The molecule has 0 saturated heterocycles. The van der Waals surface area contributed by atoms with E-state index in [4.69, 9.17) is 0 Å². The van der Waals surface area contributed by atoms with Gasteiger partial charge in [0.15, 0.2) is 0 Å². The zero-order valence-corrected chi connectivity index (χ0v) is 19.0. The van der Waals surface area contributed by atoms with Crippen molar-refractivity contribution < 1.29 is 29.4 Å². The number of nitrogens with one attached hydrogen (secondary N) is 3. The van der Waals surface area contributed by atoms with Gasteiger partial charge in [-0.2, -0.15) is 0 Å². The smallest absolute Gasteiger partial charge is 0.335 e. The van der Waals surface area contributed by atoms with Crippen LogP contribution in [0.4, 0.5) is 5.69 Å². The van der Waals surface area contributed by atoms with Crippen LogP contribution in [0.25, 0.3) is 11.6 Å². The summed E-state index contributed by atoms with van der Waals surface area (Å²) in [5, 5.41) is 24.2. The van der Waals surface area contributed by atoms with Gasteiger partial charge in [0.05, 0.1) is 16.7 Å². The van der Waals surface area contributed by atoms with Gasteiger partial charge >= 0.3 is 11.9 Å². The standard InChI is InChI=1S/C26H23N3O6/c1-13-20(12-18-17-11-16(25(32)33)8-9-19(17)28-23(18)30)27-14(2)22(13)24(31)29-21(26(34)35)10-15-6-4-3-5-7-15/h3-9,11-12,21,27H,10H2,1-2H3,(H,28,30)(H,29,31)(H,32,33)(H,34,35). The third kappa shape index (κ3) is 4.70. The van der Waals surface area contributed by atoms with Crippen LogP contribution in [0.5, 0.6) is 0 Å². The van der Waals surface area contributed by atoms with Crippen molar-refractivity contribution >= 4 is 41.1 Å². The van der Waals surface area contributed by atoms with Gasteiger partial charge in [0.25, 0.3) is 11.8 Å². The number of hydrogen-bond acceptors (Lipinski definition) is 4. The lowest BCUT2D eigenvalue weighted by Crippen LogP contribution is -2.42. The first-order valence-electron chi connectivity index (χ1n) is 10.8. The van der Waals surface area contributed by atoms with E-state index in [2.05, 4.69) is 15.6 Å². The molecule has 9 heteroatoms. The first kappa shape index (κ1) is 23.5. The Balaban J connectivity index is 1.64. The molecule has 1 aromatic heterocycles. The van der Waals surface area contributed by atoms with E-state index in [1.165, 1.54) is 18.2 Å². The summed E-state index contributed by atoms with van der Waals surface area (Å²) in [5.41, 5.74) is 3.84. The second-order valence-electron chi connectivity index (χ2n) is 8.30. The lowest BCUT2D eigenvalue weighted by atomic mass is 10.0. The average Bonchev–Trinajstić information content (AvgIpc) is 3.28. The van der Waals surface area contributed by atoms with E-state index in [0.717, 1.165) is 5.56 Å². The fourth-order valence-corrected chi connectivity index (χ4v) is 4.15. The highest BCUT2D eigenvalue weighted by atomic mass is 16.4. The van der Waals surface area contributed by atoms with Gasteiger partial charge in [-0.25, -0.2) is 9.59 Å². The Morgan fingerprint density at radius 2 is 1.77 bits per heavy atom. The highest BCUT2D eigenvalue weighted by Crippen LogP contribution is 2.34.